The highest BCUT2D eigenvalue weighted by atomic mass is 16.4. The molecule has 196 valence electrons. The number of aliphatic carboxylic acids is 1. The van der Waals surface area contributed by atoms with Crippen molar-refractivity contribution >= 4 is 34.6 Å². The van der Waals surface area contributed by atoms with Crippen LogP contribution in [0.25, 0.3) is 10.9 Å². The Morgan fingerprint density at radius 3 is 2.44 bits per heavy atom. The van der Waals surface area contributed by atoms with Gasteiger partial charge < -0.3 is 41.6 Å². The van der Waals surface area contributed by atoms with Crippen molar-refractivity contribution in [1.29, 1.82) is 0 Å². The number of aromatic amines is 1. The van der Waals surface area contributed by atoms with Gasteiger partial charge in [-0.05, 0) is 38.3 Å². The molecule has 2 heterocycles. The average molecular weight is 504 g/mol. The van der Waals surface area contributed by atoms with Crippen LogP contribution in [0.2, 0.25) is 0 Å². The molecule has 1 aliphatic rings. The molecule has 0 aliphatic carbocycles. The van der Waals surface area contributed by atoms with Crippen LogP contribution in [-0.4, -0.2) is 91.8 Å². The van der Waals surface area contributed by atoms with Gasteiger partial charge in [-0.1, -0.05) is 18.2 Å². The summed E-state index contributed by atoms with van der Waals surface area (Å²) in [6.45, 7) is 2.83. The summed E-state index contributed by atoms with van der Waals surface area (Å²) in [5.74, 6) is -3.40. The molecular formula is C24H33N5O7. The first kappa shape index (κ1) is 27.1. The molecule has 1 fully saturated rings. The number of carbonyl (C=O) groups excluding carboxylic acids is 3. The summed E-state index contributed by atoms with van der Waals surface area (Å²) in [5.41, 5.74) is 7.19. The Labute approximate surface area is 207 Å². The molecule has 0 spiro atoms. The third-order valence-electron chi connectivity index (χ3n) is 6.42. The molecule has 1 aliphatic heterocycles. The van der Waals surface area contributed by atoms with E-state index >= 15 is 0 Å². The maximum atomic E-state index is 13.5. The SMILES string of the molecule is CC(O)C(N)C(=O)NC(C(=O)NC(Cc1c[nH]c2ccccc12)C(=O)N1CCCC1C(=O)O)C(C)O. The molecule has 12 heteroatoms. The summed E-state index contributed by atoms with van der Waals surface area (Å²) < 4.78 is 0. The molecule has 1 aromatic carbocycles. The zero-order valence-corrected chi connectivity index (χ0v) is 20.2. The second-order valence-electron chi connectivity index (χ2n) is 9.15. The second-order valence-corrected chi connectivity index (χ2v) is 9.15. The number of hydrogen-bond donors (Lipinski definition) is 7. The third-order valence-corrected chi connectivity index (χ3v) is 6.42. The van der Waals surface area contributed by atoms with E-state index in [-0.39, 0.29) is 13.0 Å². The van der Waals surface area contributed by atoms with E-state index < -0.39 is 60.1 Å². The molecule has 6 unspecified atom stereocenters. The number of aliphatic hydroxyl groups excluding tert-OH is 2. The fourth-order valence-electron chi connectivity index (χ4n) is 4.34. The van der Waals surface area contributed by atoms with Crippen LogP contribution >= 0.6 is 0 Å². The maximum absolute atomic E-state index is 13.5. The molecule has 3 amide bonds. The molecule has 6 atom stereocenters. The van der Waals surface area contributed by atoms with Gasteiger partial charge in [0.2, 0.25) is 17.7 Å². The molecule has 0 bridgehead atoms. The Morgan fingerprint density at radius 2 is 1.81 bits per heavy atom. The number of carboxylic acids is 1. The van der Waals surface area contributed by atoms with Crippen molar-refractivity contribution in [3.05, 3.63) is 36.0 Å². The Hall–Kier alpha value is -3.48. The number of aromatic nitrogens is 1. The third kappa shape index (κ3) is 6.01. The molecule has 2 aromatic rings. The summed E-state index contributed by atoms with van der Waals surface area (Å²) in [6.07, 6.45) is 0.0362. The minimum Gasteiger partial charge on any atom is -0.480 e. The molecule has 36 heavy (non-hydrogen) atoms. The normalized spacial score (nSPS) is 19.8. The first-order valence-corrected chi connectivity index (χ1v) is 11.8. The van der Waals surface area contributed by atoms with Crippen LogP contribution in [0, 0.1) is 0 Å². The summed E-state index contributed by atoms with van der Waals surface area (Å²) >= 11 is 0. The number of amides is 3. The number of carboxylic acid groups (broad SMARTS) is 1. The lowest BCUT2D eigenvalue weighted by Gasteiger charge is -2.29. The number of likely N-dealkylation sites (tertiary alicyclic amines) is 1. The molecule has 12 nitrogen and oxygen atoms in total. The number of hydrogen-bond acceptors (Lipinski definition) is 7. The highest BCUT2D eigenvalue weighted by Gasteiger charge is 2.39. The zero-order chi connectivity index (χ0) is 26.6. The number of fused-ring (bicyclic) bond motifs is 1. The topological polar surface area (TPSA) is 198 Å². The number of para-hydroxylation sites is 1. The number of benzene rings is 1. The van der Waals surface area contributed by atoms with Crippen molar-refractivity contribution in [3.8, 4) is 0 Å². The highest BCUT2D eigenvalue weighted by molar-refractivity contribution is 5.95. The monoisotopic (exact) mass is 503 g/mol. The number of nitrogens with zero attached hydrogens (tertiary/aromatic N) is 1. The van der Waals surface area contributed by atoms with Crippen molar-refractivity contribution in [3.63, 3.8) is 0 Å². The molecule has 1 saturated heterocycles. The fraction of sp³-hybridized carbons (Fsp3) is 0.500. The standard InChI is InChI=1S/C24H33N5O7/c1-12(30)19(25)21(32)28-20(13(2)31)22(33)27-17(23(34)29-9-5-8-18(29)24(35)36)10-14-11-26-16-7-4-3-6-15(14)16/h3-4,6-7,11-13,17-20,26,30-31H,5,8-10,25H2,1-2H3,(H,27,33)(H,28,32)(H,35,36). The van der Waals surface area contributed by atoms with Gasteiger partial charge in [0.05, 0.1) is 12.2 Å². The molecule has 0 radical (unpaired) electrons. The number of nitrogens with two attached hydrogens (primary N) is 1. The lowest BCUT2D eigenvalue weighted by molar-refractivity contribution is -0.149. The number of rotatable bonds is 10. The van der Waals surface area contributed by atoms with Gasteiger partial charge >= 0.3 is 5.97 Å². The van der Waals surface area contributed by atoms with E-state index in [2.05, 4.69) is 15.6 Å². The van der Waals surface area contributed by atoms with Crippen molar-refractivity contribution in [2.45, 2.75) is 69.5 Å². The van der Waals surface area contributed by atoms with Gasteiger partial charge in [0.1, 0.15) is 24.2 Å². The van der Waals surface area contributed by atoms with E-state index in [0.29, 0.717) is 12.8 Å². The van der Waals surface area contributed by atoms with Gasteiger partial charge in [-0.2, -0.15) is 0 Å². The van der Waals surface area contributed by atoms with Gasteiger partial charge in [0, 0.05) is 30.1 Å². The van der Waals surface area contributed by atoms with Crippen molar-refractivity contribution < 1.29 is 34.5 Å². The molecule has 1 aromatic heterocycles. The molecule has 3 rings (SSSR count). The number of nitrogens with one attached hydrogen (secondary N) is 3. The zero-order valence-electron chi connectivity index (χ0n) is 20.2. The summed E-state index contributed by atoms with van der Waals surface area (Å²) in [7, 11) is 0. The maximum Gasteiger partial charge on any atom is 0.326 e. The smallest absolute Gasteiger partial charge is 0.326 e. The molecule has 0 saturated carbocycles. The molecular weight excluding hydrogens is 470 g/mol. The van der Waals surface area contributed by atoms with Gasteiger partial charge in [-0.15, -0.1) is 0 Å². The van der Waals surface area contributed by atoms with Crippen molar-refractivity contribution in [2.24, 2.45) is 5.73 Å². The van der Waals surface area contributed by atoms with E-state index in [0.717, 1.165) is 16.5 Å². The van der Waals surface area contributed by atoms with Crippen LogP contribution in [0.15, 0.2) is 30.5 Å². The van der Waals surface area contributed by atoms with Crippen LogP contribution in [0.5, 0.6) is 0 Å². The van der Waals surface area contributed by atoms with Crippen molar-refractivity contribution in [2.75, 3.05) is 6.54 Å². The largest absolute Gasteiger partial charge is 0.480 e. The first-order valence-electron chi connectivity index (χ1n) is 11.8. The highest BCUT2D eigenvalue weighted by Crippen LogP contribution is 2.23. The Balaban J connectivity index is 1.87. The summed E-state index contributed by atoms with van der Waals surface area (Å²) in [6, 6.07) is 2.44. The Kier molecular flexibility index (Phi) is 8.66. The van der Waals surface area contributed by atoms with Gasteiger partial charge in [-0.3, -0.25) is 14.4 Å². The van der Waals surface area contributed by atoms with E-state index in [1.165, 1.54) is 18.7 Å². The average Bonchev–Trinajstić information content (AvgIpc) is 3.48. The Morgan fingerprint density at radius 1 is 1.11 bits per heavy atom. The van der Waals surface area contributed by atoms with Crippen molar-refractivity contribution in [1.82, 2.24) is 20.5 Å². The molecule has 8 N–H and O–H groups in total. The van der Waals surface area contributed by atoms with Crippen LogP contribution in [0.1, 0.15) is 32.3 Å². The van der Waals surface area contributed by atoms with Gasteiger partial charge in [0.15, 0.2) is 0 Å². The Bertz CT molecular complexity index is 1120. The van der Waals surface area contributed by atoms with E-state index in [1.54, 1.807) is 6.20 Å². The minimum atomic E-state index is -1.46. The number of aliphatic hydroxyl groups is 2. The van der Waals surface area contributed by atoms with Crippen LogP contribution in [0.3, 0.4) is 0 Å². The van der Waals surface area contributed by atoms with E-state index in [4.69, 9.17) is 5.73 Å². The van der Waals surface area contributed by atoms with E-state index in [9.17, 15) is 34.5 Å². The predicted octanol–water partition coefficient (Wildman–Crippen LogP) is -1.16. The van der Waals surface area contributed by atoms with E-state index in [1.807, 2.05) is 24.3 Å². The second kappa shape index (κ2) is 11.5. The van der Waals surface area contributed by atoms with Crippen LogP contribution < -0.4 is 16.4 Å². The van der Waals surface area contributed by atoms with Gasteiger partial charge in [0.25, 0.3) is 0 Å². The van der Waals surface area contributed by atoms with Crippen LogP contribution in [-0.2, 0) is 25.6 Å². The first-order chi connectivity index (χ1) is 17.0. The van der Waals surface area contributed by atoms with Crippen LogP contribution in [0.4, 0.5) is 0 Å². The lowest BCUT2D eigenvalue weighted by atomic mass is 10.0. The lowest BCUT2D eigenvalue weighted by Crippen LogP contribution is -2.61. The quantitative estimate of drug-likeness (QED) is 0.211. The predicted molar refractivity (Wildman–Crippen MR) is 130 cm³/mol. The fourth-order valence-corrected chi connectivity index (χ4v) is 4.34. The number of carbonyl (C=O) groups is 4. The summed E-state index contributed by atoms with van der Waals surface area (Å²) in [4.78, 5) is 55.0. The summed E-state index contributed by atoms with van der Waals surface area (Å²) in [5, 5.41) is 35.0. The van der Waals surface area contributed by atoms with Gasteiger partial charge in [-0.25, -0.2) is 4.79 Å². The minimum absolute atomic E-state index is 0.0467. The number of H-pyrrole nitrogens is 1.